The molecule has 6 nitrogen and oxygen atoms in total. The lowest BCUT2D eigenvalue weighted by atomic mass is 10.1. The molecular formula is C21H20ClF3N2O4. The molecule has 0 atom stereocenters. The predicted molar refractivity (Wildman–Crippen MR) is 108 cm³/mol. The highest BCUT2D eigenvalue weighted by Crippen LogP contribution is 2.31. The van der Waals surface area contributed by atoms with Crippen LogP contribution in [0.4, 0.5) is 18.9 Å². The molecular weight excluding hydrogens is 437 g/mol. The molecule has 0 bridgehead atoms. The molecule has 1 aliphatic rings. The smallest absolute Gasteiger partial charge is 0.416 e. The number of anilines is 1. The van der Waals surface area contributed by atoms with Crippen molar-refractivity contribution in [2.24, 2.45) is 0 Å². The molecule has 0 N–H and O–H groups in total. The summed E-state index contributed by atoms with van der Waals surface area (Å²) in [6, 6.07) is 11.5. The molecule has 0 radical (unpaired) electrons. The number of benzene rings is 2. The van der Waals surface area contributed by atoms with E-state index in [1.807, 2.05) is 0 Å². The van der Waals surface area contributed by atoms with Crippen LogP contribution in [0.3, 0.4) is 0 Å². The van der Waals surface area contributed by atoms with Crippen molar-refractivity contribution in [1.29, 1.82) is 0 Å². The van der Waals surface area contributed by atoms with Crippen molar-refractivity contribution in [2.45, 2.75) is 6.18 Å². The molecule has 0 aromatic heterocycles. The Labute approximate surface area is 182 Å². The third kappa shape index (κ3) is 6.52. The minimum absolute atomic E-state index is 0.313. The summed E-state index contributed by atoms with van der Waals surface area (Å²) in [6.45, 7) is 0.605. The zero-order valence-electron chi connectivity index (χ0n) is 16.4. The number of ether oxygens (including phenoxy) is 2. The fraction of sp³-hybridized carbons (Fsp3) is 0.333. The van der Waals surface area contributed by atoms with Gasteiger partial charge in [-0.1, -0.05) is 17.7 Å². The maximum Gasteiger partial charge on any atom is 0.416 e. The van der Waals surface area contributed by atoms with Crippen LogP contribution in [0.5, 0.6) is 5.75 Å². The summed E-state index contributed by atoms with van der Waals surface area (Å²) in [5, 5.41) is 0.536. The first-order chi connectivity index (χ1) is 14.7. The number of esters is 1. The first kappa shape index (κ1) is 22.7. The van der Waals surface area contributed by atoms with Crippen molar-refractivity contribution in [3.63, 3.8) is 0 Å². The van der Waals surface area contributed by atoms with E-state index >= 15 is 0 Å². The van der Waals surface area contributed by atoms with Gasteiger partial charge < -0.3 is 19.3 Å². The summed E-state index contributed by atoms with van der Waals surface area (Å²) in [5.41, 5.74) is -0.260. The molecule has 1 fully saturated rings. The monoisotopic (exact) mass is 456 g/mol. The summed E-state index contributed by atoms with van der Waals surface area (Å²) < 4.78 is 48.9. The van der Waals surface area contributed by atoms with Gasteiger partial charge in [0.1, 0.15) is 5.75 Å². The largest absolute Gasteiger partial charge is 0.482 e. The zero-order valence-corrected chi connectivity index (χ0v) is 17.2. The van der Waals surface area contributed by atoms with E-state index < -0.39 is 24.3 Å². The van der Waals surface area contributed by atoms with Crippen molar-refractivity contribution in [2.75, 3.05) is 44.3 Å². The van der Waals surface area contributed by atoms with Gasteiger partial charge in [0.25, 0.3) is 5.91 Å². The van der Waals surface area contributed by atoms with E-state index in [-0.39, 0.29) is 12.5 Å². The number of rotatable bonds is 6. The Morgan fingerprint density at radius 3 is 2.29 bits per heavy atom. The van der Waals surface area contributed by atoms with Gasteiger partial charge in [-0.2, -0.15) is 13.2 Å². The Bertz CT molecular complexity index is 914. The van der Waals surface area contributed by atoms with E-state index in [0.717, 1.165) is 12.1 Å². The fourth-order valence-corrected chi connectivity index (χ4v) is 3.17. The number of carbonyl (C=O) groups excluding carboxylic acids is 2. The van der Waals surface area contributed by atoms with Crippen molar-refractivity contribution in [3.05, 3.63) is 59.1 Å². The molecule has 2 aromatic carbocycles. The van der Waals surface area contributed by atoms with Crippen LogP contribution in [0.25, 0.3) is 0 Å². The molecule has 2 aromatic rings. The second kappa shape index (κ2) is 9.91. The average Bonchev–Trinajstić information content (AvgIpc) is 2.76. The lowest BCUT2D eigenvalue weighted by Gasteiger charge is -2.36. The van der Waals surface area contributed by atoms with Crippen LogP contribution in [-0.4, -0.2) is 56.2 Å². The normalized spacial score (nSPS) is 14.3. The maximum atomic E-state index is 12.9. The van der Waals surface area contributed by atoms with Crippen molar-refractivity contribution < 1.29 is 32.2 Å². The second-order valence-corrected chi connectivity index (χ2v) is 7.26. The van der Waals surface area contributed by atoms with Crippen LogP contribution in [-0.2, 0) is 20.5 Å². The molecule has 0 saturated carbocycles. The van der Waals surface area contributed by atoms with Crippen molar-refractivity contribution in [1.82, 2.24) is 4.90 Å². The SMILES string of the molecule is O=C(COc1ccc(Cl)cc1)OCC(=O)N1CCN(c2cccc(C(F)(F)F)c2)CC1. The van der Waals surface area contributed by atoms with E-state index in [0.29, 0.717) is 42.6 Å². The van der Waals surface area contributed by atoms with Gasteiger partial charge >= 0.3 is 12.1 Å². The summed E-state index contributed by atoms with van der Waals surface area (Å²) >= 11 is 5.76. The standard InChI is InChI=1S/C21H20ClF3N2O4/c22-16-4-6-18(7-5-16)30-14-20(29)31-13-19(28)27-10-8-26(9-11-27)17-3-1-2-15(12-17)21(23,24)25/h1-7,12H,8-11,13-14H2. The van der Waals surface area contributed by atoms with Crippen molar-refractivity contribution >= 4 is 29.2 Å². The lowest BCUT2D eigenvalue weighted by molar-refractivity contribution is -0.153. The Kier molecular flexibility index (Phi) is 7.27. The van der Waals surface area contributed by atoms with Gasteiger partial charge in [-0.3, -0.25) is 4.79 Å². The molecule has 31 heavy (non-hydrogen) atoms. The number of piperazine rings is 1. The Hall–Kier alpha value is -2.94. The van der Waals surface area contributed by atoms with Crippen LogP contribution in [0.15, 0.2) is 48.5 Å². The maximum absolute atomic E-state index is 12.9. The van der Waals surface area contributed by atoms with Crippen LogP contribution < -0.4 is 9.64 Å². The highest BCUT2D eigenvalue weighted by molar-refractivity contribution is 6.30. The molecule has 0 aliphatic carbocycles. The van der Waals surface area contributed by atoms with E-state index in [1.54, 1.807) is 35.2 Å². The Morgan fingerprint density at radius 1 is 0.968 bits per heavy atom. The molecule has 0 spiro atoms. The minimum atomic E-state index is -4.41. The van der Waals surface area contributed by atoms with Crippen LogP contribution in [0, 0.1) is 0 Å². The first-order valence-corrected chi connectivity index (χ1v) is 9.84. The zero-order chi connectivity index (χ0) is 22.4. The number of hydrogen-bond donors (Lipinski definition) is 0. The first-order valence-electron chi connectivity index (χ1n) is 9.46. The molecule has 0 unspecified atom stereocenters. The molecule has 1 saturated heterocycles. The van der Waals surface area contributed by atoms with Crippen LogP contribution in [0.2, 0.25) is 5.02 Å². The molecule has 1 amide bonds. The lowest BCUT2D eigenvalue weighted by Crippen LogP contribution is -2.50. The summed E-state index contributed by atoms with van der Waals surface area (Å²) in [5.74, 6) is -0.618. The van der Waals surface area contributed by atoms with E-state index in [2.05, 4.69) is 0 Å². The van der Waals surface area contributed by atoms with Gasteiger partial charge in [0, 0.05) is 36.9 Å². The Morgan fingerprint density at radius 2 is 1.65 bits per heavy atom. The summed E-state index contributed by atoms with van der Waals surface area (Å²) in [4.78, 5) is 27.3. The van der Waals surface area contributed by atoms with E-state index in [9.17, 15) is 22.8 Å². The fourth-order valence-electron chi connectivity index (χ4n) is 3.04. The predicted octanol–water partition coefficient (Wildman–Crippen LogP) is 3.63. The third-order valence-corrected chi connectivity index (χ3v) is 4.95. The molecule has 10 heteroatoms. The van der Waals surface area contributed by atoms with Crippen LogP contribution in [0.1, 0.15) is 5.56 Å². The van der Waals surface area contributed by atoms with Gasteiger partial charge in [-0.05, 0) is 42.5 Å². The third-order valence-electron chi connectivity index (χ3n) is 4.70. The van der Waals surface area contributed by atoms with Gasteiger partial charge in [0.15, 0.2) is 13.2 Å². The van der Waals surface area contributed by atoms with Gasteiger partial charge in [-0.15, -0.1) is 0 Å². The number of nitrogens with zero attached hydrogens (tertiary/aromatic N) is 2. The van der Waals surface area contributed by atoms with Crippen LogP contribution >= 0.6 is 11.6 Å². The number of alkyl halides is 3. The highest BCUT2D eigenvalue weighted by atomic mass is 35.5. The molecule has 1 aliphatic heterocycles. The quantitative estimate of drug-likeness (QED) is 0.621. The number of halogens is 4. The number of hydrogen-bond acceptors (Lipinski definition) is 5. The topological polar surface area (TPSA) is 59.1 Å². The number of carbonyl (C=O) groups is 2. The van der Waals surface area contributed by atoms with Gasteiger partial charge in [0.05, 0.1) is 5.56 Å². The highest BCUT2D eigenvalue weighted by Gasteiger charge is 2.31. The Balaban J connectivity index is 1.42. The minimum Gasteiger partial charge on any atom is -0.482 e. The van der Waals surface area contributed by atoms with E-state index in [1.165, 1.54) is 11.0 Å². The molecule has 166 valence electrons. The van der Waals surface area contributed by atoms with Gasteiger partial charge in [-0.25, -0.2) is 4.79 Å². The second-order valence-electron chi connectivity index (χ2n) is 6.82. The number of amides is 1. The molecule has 3 rings (SSSR count). The average molecular weight is 457 g/mol. The van der Waals surface area contributed by atoms with Gasteiger partial charge in [0.2, 0.25) is 0 Å². The molecule has 1 heterocycles. The van der Waals surface area contributed by atoms with E-state index in [4.69, 9.17) is 21.1 Å². The summed E-state index contributed by atoms with van der Waals surface area (Å²) in [7, 11) is 0. The summed E-state index contributed by atoms with van der Waals surface area (Å²) in [6.07, 6.45) is -4.41. The van der Waals surface area contributed by atoms with Crippen molar-refractivity contribution in [3.8, 4) is 5.75 Å².